The van der Waals surface area contributed by atoms with Crippen molar-refractivity contribution in [3.8, 4) is 0 Å². The summed E-state index contributed by atoms with van der Waals surface area (Å²) < 4.78 is 4.97. The van der Waals surface area contributed by atoms with Gasteiger partial charge in [-0.1, -0.05) is 41.6 Å². The van der Waals surface area contributed by atoms with Crippen molar-refractivity contribution < 1.29 is 23.7 Å². The quantitative estimate of drug-likeness (QED) is 0.419. The van der Waals surface area contributed by atoms with E-state index >= 15 is 0 Å². The van der Waals surface area contributed by atoms with E-state index in [0.717, 1.165) is 28.9 Å². The molecule has 2 N–H and O–H groups in total. The number of urea groups is 1. The maximum absolute atomic E-state index is 13.8. The summed E-state index contributed by atoms with van der Waals surface area (Å²) in [6, 6.07) is 14.5. The summed E-state index contributed by atoms with van der Waals surface area (Å²) in [4.78, 5) is 55.9. The molecule has 2 aliphatic carbocycles. The van der Waals surface area contributed by atoms with Crippen molar-refractivity contribution in [3.05, 3.63) is 82.7 Å². The van der Waals surface area contributed by atoms with E-state index in [9.17, 15) is 19.2 Å². The van der Waals surface area contributed by atoms with Crippen LogP contribution in [-0.2, 0) is 28.1 Å². The molecule has 40 heavy (non-hydrogen) atoms. The SMILES string of the molecule is Cc1oncc1C(=O)Nc1ccc2c(c1)CCC21NC(=O)N(CC(=O)N(Cc2ccccc2)C(C)C2CC2)C1=O. The van der Waals surface area contributed by atoms with Gasteiger partial charge in [0.2, 0.25) is 5.91 Å². The molecule has 2 atom stereocenters. The van der Waals surface area contributed by atoms with Crippen LogP contribution in [0.4, 0.5) is 10.5 Å². The highest BCUT2D eigenvalue weighted by Crippen LogP contribution is 2.42. The van der Waals surface area contributed by atoms with E-state index in [2.05, 4.69) is 15.8 Å². The van der Waals surface area contributed by atoms with Gasteiger partial charge in [0.1, 0.15) is 23.4 Å². The van der Waals surface area contributed by atoms with Gasteiger partial charge in [0.25, 0.3) is 11.8 Å². The second-order valence-corrected chi connectivity index (χ2v) is 10.9. The average Bonchev–Trinajstić information content (AvgIpc) is 3.55. The highest BCUT2D eigenvalue weighted by atomic mass is 16.5. The fourth-order valence-electron chi connectivity index (χ4n) is 5.89. The molecule has 0 radical (unpaired) electrons. The molecular formula is C30H31N5O5. The smallest absolute Gasteiger partial charge is 0.325 e. The Kier molecular flexibility index (Phi) is 6.40. The predicted octanol–water partition coefficient (Wildman–Crippen LogP) is 3.76. The Morgan fingerprint density at radius 3 is 2.67 bits per heavy atom. The molecule has 2 aromatic carbocycles. The Hall–Kier alpha value is -4.47. The van der Waals surface area contributed by atoms with Gasteiger partial charge in [-0.15, -0.1) is 0 Å². The lowest BCUT2D eigenvalue weighted by atomic mass is 9.91. The molecule has 10 heteroatoms. The van der Waals surface area contributed by atoms with E-state index in [1.54, 1.807) is 24.0 Å². The van der Waals surface area contributed by atoms with Crippen LogP contribution >= 0.6 is 0 Å². The van der Waals surface area contributed by atoms with Crippen molar-refractivity contribution in [2.24, 2.45) is 5.92 Å². The number of imide groups is 1. The predicted molar refractivity (Wildman–Crippen MR) is 145 cm³/mol. The highest BCUT2D eigenvalue weighted by Gasteiger charge is 2.56. The molecule has 10 nitrogen and oxygen atoms in total. The number of rotatable bonds is 8. The lowest BCUT2D eigenvalue weighted by molar-refractivity contribution is -0.141. The molecule has 206 valence electrons. The zero-order valence-electron chi connectivity index (χ0n) is 22.5. The molecule has 3 aromatic rings. The van der Waals surface area contributed by atoms with Gasteiger partial charge in [0.05, 0.1) is 6.20 Å². The van der Waals surface area contributed by atoms with Crippen LogP contribution in [0.25, 0.3) is 0 Å². The van der Waals surface area contributed by atoms with Crippen LogP contribution in [0.15, 0.2) is 59.3 Å². The number of carbonyl (C=O) groups excluding carboxylic acids is 4. The maximum Gasteiger partial charge on any atom is 0.325 e. The summed E-state index contributed by atoms with van der Waals surface area (Å²) in [5.74, 6) is -0.154. The van der Waals surface area contributed by atoms with Crippen molar-refractivity contribution in [1.29, 1.82) is 0 Å². The first-order valence-electron chi connectivity index (χ1n) is 13.6. The van der Waals surface area contributed by atoms with Crippen LogP contribution in [0.1, 0.15) is 59.0 Å². The molecule has 2 heterocycles. The fraction of sp³-hybridized carbons (Fsp3) is 0.367. The van der Waals surface area contributed by atoms with Crippen LogP contribution < -0.4 is 10.6 Å². The average molecular weight is 542 g/mol. The van der Waals surface area contributed by atoms with Crippen LogP contribution in [0.2, 0.25) is 0 Å². The molecule has 0 bridgehead atoms. The van der Waals surface area contributed by atoms with Gasteiger partial charge in [-0.3, -0.25) is 19.3 Å². The largest absolute Gasteiger partial charge is 0.361 e. The number of amides is 5. The molecule has 1 saturated carbocycles. The van der Waals surface area contributed by atoms with Crippen molar-refractivity contribution in [2.75, 3.05) is 11.9 Å². The van der Waals surface area contributed by atoms with E-state index in [1.807, 2.05) is 43.3 Å². The van der Waals surface area contributed by atoms with Gasteiger partial charge in [-0.2, -0.15) is 0 Å². The van der Waals surface area contributed by atoms with Crippen LogP contribution in [0.3, 0.4) is 0 Å². The van der Waals surface area contributed by atoms with Crippen molar-refractivity contribution >= 4 is 29.4 Å². The number of benzene rings is 2. The molecule has 5 amide bonds. The Labute approximate surface area is 231 Å². The number of anilines is 1. The first kappa shape index (κ1) is 25.8. The standard InChI is InChI=1S/C30H31N5O5/c1-18(21-8-9-21)34(16-20-6-4-3-5-7-20)26(36)17-35-28(38)30(33-29(35)39)13-12-22-14-23(10-11-25(22)30)32-27(37)24-15-31-40-19(24)2/h3-7,10-11,14-15,18,21H,8-9,12-13,16-17H2,1-2H3,(H,32,37)(H,33,39). The summed E-state index contributed by atoms with van der Waals surface area (Å²) in [5.41, 5.74) is 2.24. The van der Waals surface area contributed by atoms with Crippen LogP contribution in [0, 0.1) is 12.8 Å². The van der Waals surface area contributed by atoms with Crippen molar-refractivity contribution in [1.82, 2.24) is 20.3 Å². The number of fused-ring (bicyclic) bond motifs is 2. The minimum atomic E-state index is -1.22. The Balaban J connectivity index is 1.19. The second-order valence-electron chi connectivity index (χ2n) is 10.9. The third-order valence-electron chi connectivity index (χ3n) is 8.37. The molecule has 1 aliphatic heterocycles. The molecule has 6 rings (SSSR count). The van der Waals surface area contributed by atoms with Gasteiger partial charge in [0, 0.05) is 18.3 Å². The second kappa shape index (κ2) is 9.93. The first-order valence-corrected chi connectivity index (χ1v) is 13.6. The summed E-state index contributed by atoms with van der Waals surface area (Å²) >= 11 is 0. The van der Waals surface area contributed by atoms with E-state index in [-0.39, 0.29) is 24.4 Å². The summed E-state index contributed by atoms with van der Waals surface area (Å²) in [7, 11) is 0. The summed E-state index contributed by atoms with van der Waals surface area (Å²) in [6.07, 6.45) is 4.43. The van der Waals surface area contributed by atoms with Crippen molar-refractivity contribution in [3.63, 3.8) is 0 Å². The Morgan fingerprint density at radius 2 is 1.98 bits per heavy atom. The van der Waals surface area contributed by atoms with E-state index in [1.165, 1.54) is 6.20 Å². The Bertz CT molecular complexity index is 1500. The lowest BCUT2D eigenvalue weighted by Gasteiger charge is -2.31. The van der Waals surface area contributed by atoms with E-state index in [0.29, 0.717) is 47.9 Å². The van der Waals surface area contributed by atoms with Gasteiger partial charge >= 0.3 is 6.03 Å². The van der Waals surface area contributed by atoms with Crippen LogP contribution in [-0.4, -0.2) is 51.3 Å². The first-order chi connectivity index (χ1) is 19.3. The number of aromatic nitrogens is 1. The maximum atomic E-state index is 13.8. The fourth-order valence-corrected chi connectivity index (χ4v) is 5.89. The number of nitrogens with zero attached hydrogens (tertiary/aromatic N) is 3. The number of hydrogen-bond donors (Lipinski definition) is 2. The van der Waals surface area contributed by atoms with E-state index < -0.39 is 17.5 Å². The number of hydrogen-bond acceptors (Lipinski definition) is 6. The van der Waals surface area contributed by atoms with E-state index in [4.69, 9.17) is 4.52 Å². The number of nitrogens with one attached hydrogen (secondary N) is 2. The summed E-state index contributed by atoms with van der Waals surface area (Å²) in [5, 5.41) is 9.37. The third-order valence-corrected chi connectivity index (χ3v) is 8.37. The lowest BCUT2D eigenvalue weighted by Crippen LogP contribution is -2.47. The zero-order valence-corrected chi connectivity index (χ0v) is 22.5. The number of aryl methyl sites for hydroxylation is 2. The molecule has 1 aromatic heterocycles. The monoisotopic (exact) mass is 541 g/mol. The van der Waals surface area contributed by atoms with Gasteiger partial charge in [-0.05, 0) is 74.3 Å². The number of carbonyl (C=O) groups is 4. The zero-order chi connectivity index (χ0) is 28.0. The molecule has 2 unspecified atom stereocenters. The molecule has 1 saturated heterocycles. The Morgan fingerprint density at radius 1 is 1.20 bits per heavy atom. The molecule has 3 aliphatic rings. The van der Waals surface area contributed by atoms with Gasteiger partial charge in [0.15, 0.2) is 0 Å². The molecular weight excluding hydrogens is 510 g/mol. The normalized spacial score (nSPS) is 20.4. The topological polar surface area (TPSA) is 125 Å². The van der Waals surface area contributed by atoms with Gasteiger partial charge in [-0.25, -0.2) is 4.79 Å². The van der Waals surface area contributed by atoms with Crippen molar-refractivity contribution in [2.45, 2.75) is 57.7 Å². The third kappa shape index (κ3) is 4.53. The minimum Gasteiger partial charge on any atom is -0.361 e. The summed E-state index contributed by atoms with van der Waals surface area (Å²) in [6.45, 7) is 3.82. The van der Waals surface area contributed by atoms with Crippen LogP contribution in [0.5, 0.6) is 0 Å². The minimum absolute atomic E-state index is 0.0184. The van der Waals surface area contributed by atoms with Gasteiger partial charge < -0.3 is 20.1 Å². The molecule has 2 fully saturated rings. The highest BCUT2D eigenvalue weighted by molar-refractivity contribution is 6.10. The molecule has 1 spiro atoms.